The minimum atomic E-state index is 0.486. The number of nitrogens with zero attached hydrogens (tertiary/aromatic N) is 5. The van der Waals surface area contributed by atoms with E-state index in [9.17, 15) is 0 Å². The highest BCUT2D eigenvalue weighted by atomic mass is 15.3. The molecule has 1 unspecified atom stereocenters. The first kappa shape index (κ1) is 17.0. The number of aryl methyl sites for hydroxylation is 2. The molecule has 1 saturated carbocycles. The third kappa shape index (κ3) is 2.95. The Labute approximate surface area is 164 Å². The van der Waals surface area contributed by atoms with Crippen molar-refractivity contribution in [1.82, 2.24) is 24.9 Å². The molecule has 1 aromatic carbocycles. The van der Waals surface area contributed by atoms with E-state index in [1.165, 1.54) is 5.56 Å². The van der Waals surface area contributed by atoms with Crippen molar-refractivity contribution < 1.29 is 0 Å². The van der Waals surface area contributed by atoms with Gasteiger partial charge in [-0.2, -0.15) is 5.10 Å². The van der Waals surface area contributed by atoms with Crippen molar-refractivity contribution in [2.75, 3.05) is 18.4 Å². The lowest BCUT2D eigenvalue weighted by molar-refractivity contribution is 0.430. The molecule has 28 heavy (non-hydrogen) atoms. The fourth-order valence-corrected chi connectivity index (χ4v) is 4.35. The average Bonchev–Trinajstić information content (AvgIpc) is 3.04. The normalized spacial score (nSPS) is 22.8. The molecule has 0 amide bonds. The maximum atomic E-state index is 4.39. The van der Waals surface area contributed by atoms with Crippen LogP contribution in [0.2, 0.25) is 0 Å². The Morgan fingerprint density at radius 2 is 1.82 bits per heavy atom. The van der Waals surface area contributed by atoms with E-state index in [1.807, 2.05) is 38.4 Å². The van der Waals surface area contributed by atoms with Crippen LogP contribution in [-0.4, -0.2) is 44.0 Å². The number of hydrogen-bond acceptors (Lipinski definition) is 5. The van der Waals surface area contributed by atoms with Crippen LogP contribution >= 0.6 is 0 Å². The molecule has 6 heteroatoms. The lowest BCUT2D eigenvalue weighted by Gasteiger charge is -2.24. The largest absolute Gasteiger partial charge is 0.371 e. The van der Waals surface area contributed by atoms with Gasteiger partial charge in [-0.25, -0.2) is 0 Å². The molecule has 3 heterocycles. The first-order valence-corrected chi connectivity index (χ1v) is 9.70. The minimum Gasteiger partial charge on any atom is -0.371 e. The van der Waals surface area contributed by atoms with Gasteiger partial charge in [-0.3, -0.25) is 4.68 Å². The number of likely N-dealkylation sites (tertiary alicyclic amines) is 1. The summed E-state index contributed by atoms with van der Waals surface area (Å²) >= 11 is 0. The highest BCUT2D eigenvalue weighted by Gasteiger charge is 2.56. The third-order valence-corrected chi connectivity index (χ3v) is 5.95. The molecule has 1 aliphatic heterocycles. The number of anilines is 1. The lowest BCUT2D eigenvalue weighted by atomic mass is 10.1. The molecule has 6 nitrogen and oxygen atoms in total. The molecular weight excluding hydrogens is 348 g/mol. The number of aromatic nitrogens is 4. The summed E-state index contributed by atoms with van der Waals surface area (Å²) in [6.07, 6.45) is 1.98. The van der Waals surface area contributed by atoms with Gasteiger partial charge in [-0.1, -0.05) is 36.9 Å². The Morgan fingerprint density at radius 1 is 1.07 bits per heavy atom. The second-order valence-corrected chi connectivity index (χ2v) is 7.82. The molecule has 1 saturated heterocycles. The van der Waals surface area contributed by atoms with Gasteiger partial charge in [0.05, 0.1) is 11.4 Å². The molecule has 1 aliphatic carbocycles. The molecule has 1 N–H and O–H groups in total. The summed E-state index contributed by atoms with van der Waals surface area (Å²) in [6.45, 7) is 8.39. The molecule has 0 radical (unpaired) electrons. The Balaban J connectivity index is 1.20. The number of benzene rings is 1. The van der Waals surface area contributed by atoms with Crippen molar-refractivity contribution in [3.05, 3.63) is 66.5 Å². The van der Waals surface area contributed by atoms with Crippen molar-refractivity contribution in [1.29, 1.82) is 0 Å². The van der Waals surface area contributed by atoms with Crippen LogP contribution in [0.15, 0.2) is 55.2 Å². The Kier molecular flexibility index (Phi) is 3.93. The molecule has 2 aromatic heterocycles. The van der Waals surface area contributed by atoms with Crippen LogP contribution in [0.5, 0.6) is 0 Å². The van der Waals surface area contributed by atoms with Gasteiger partial charge < -0.3 is 10.2 Å². The molecule has 5 rings (SSSR count). The van der Waals surface area contributed by atoms with Gasteiger partial charge in [-0.05, 0) is 24.6 Å². The van der Waals surface area contributed by atoms with Crippen molar-refractivity contribution in [2.45, 2.75) is 13.0 Å². The molecule has 2 aliphatic rings. The van der Waals surface area contributed by atoms with Crippen molar-refractivity contribution in [2.24, 2.45) is 18.9 Å². The molecule has 142 valence electrons. The van der Waals surface area contributed by atoms with E-state index in [0.29, 0.717) is 17.9 Å². The van der Waals surface area contributed by atoms with Crippen LogP contribution in [0.1, 0.15) is 11.3 Å². The average molecular weight is 372 g/mol. The van der Waals surface area contributed by atoms with E-state index in [1.54, 1.807) is 4.68 Å². The minimum absolute atomic E-state index is 0.486. The Hall–Kier alpha value is -3.15. The fraction of sp³-hybridized carbons (Fsp3) is 0.318. The topological polar surface area (TPSA) is 58.9 Å². The highest BCUT2D eigenvalue weighted by Crippen LogP contribution is 2.48. The van der Waals surface area contributed by atoms with Crippen molar-refractivity contribution >= 4 is 11.5 Å². The first-order valence-electron chi connectivity index (χ1n) is 9.70. The summed E-state index contributed by atoms with van der Waals surface area (Å²) in [7, 11) is 1.92. The Morgan fingerprint density at radius 3 is 2.43 bits per heavy atom. The van der Waals surface area contributed by atoms with Gasteiger partial charge in [0, 0.05) is 55.5 Å². The molecular formula is C22H24N6. The summed E-state index contributed by atoms with van der Waals surface area (Å²) in [5, 5.41) is 16.7. The molecule has 2 fully saturated rings. The maximum absolute atomic E-state index is 4.39. The predicted octanol–water partition coefficient (Wildman–Crippen LogP) is 3.20. The smallest absolute Gasteiger partial charge is 0.148 e. The van der Waals surface area contributed by atoms with Crippen LogP contribution in [0.3, 0.4) is 0 Å². The number of fused-ring (bicyclic) bond motifs is 1. The monoisotopic (exact) mass is 372 g/mol. The molecule has 3 aromatic rings. The summed E-state index contributed by atoms with van der Waals surface area (Å²) in [4.78, 5) is 2.41. The number of rotatable bonds is 5. The van der Waals surface area contributed by atoms with Crippen LogP contribution in [0.25, 0.3) is 17.0 Å². The Bertz CT molecular complexity index is 995. The van der Waals surface area contributed by atoms with Gasteiger partial charge in [0.2, 0.25) is 0 Å². The zero-order valence-corrected chi connectivity index (χ0v) is 16.2. The van der Waals surface area contributed by atoms with Gasteiger partial charge in [0.15, 0.2) is 0 Å². The molecule has 0 spiro atoms. The van der Waals surface area contributed by atoms with Crippen LogP contribution in [0, 0.1) is 18.8 Å². The van der Waals surface area contributed by atoms with E-state index in [0.717, 1.165) is 41.6 Å². The van der Waals surface area contributed by atoms with E-state index < -0.39 is 0 Å². The lowest BCUT2D eigenvalue weighted by Crippen LogP contribution is -2.26. The van der Waals surface area contributed by atoms with Gasteiger partial charge >= 0.3 is 0 Å². The zero-order valence-electron chi connectivity index (χ0n) is 16.2. The number of hydrogen-bond donors (Lipinski definition) is 1. The quantitative estimate of drug-likeness (QED) is 0.745. The fourth-order valence-electron chi connectivity index (χ4n) is 4.35. The van der Waals surface area contributed by atoms with E-state index in [-0.39, 0.29) is 0 Å². The third-order valence-electron chi connectivity index (χ3n) is 5.95. The molecule has 3 atom stereocenters. The van der Waals surface area contributed by atoms with Crippen LogP contribution in [-0.2, 0) is 7.05 Å². The SMILES string of the molecule is C=C(c1ccccc1)N1C[C@@H]2C(Nc3ccc(-c4cn(C)nc4C)nn3)[C@@H]2C1. The zero-order chi connectivity index (χ0) is 19.3. The van der Waals surface area contributed by atoms with Crippen LogP contribution < -0.4 is 5.32 Å². The highest BCUT2D eigenvalue weighted by molar-refractivity contribution is 5.63. The van der Waals surface area contributed by atoms with E-state index in [4.69, 9.17) is 0 Å². The maximum Gasteiger partial charge on any atom is 0.148 e. The van der Waals surface area contributed by atoms with E-state index >= 15 is 0 Å². The number of piperidine rings is 1. The second-order valence-electron chi connectivity index (χ2n) is 7.82. The predicted molar refractivity (Wildman–Crippen MR) is 110 cm³/mol. The number of nitrogens with one attached hydrogen (secondary N) is 1. The summed E-state index contributed by atoms with van der Waals surface area (Å²) < 4.78 is 1.80. The summed E-state index contributed by atoms with van der Waals surface area (Å²) in [5.41, 5.74) is 5.19. The standard InChI is InChI=1S/C22H24N6/c1-14-17(11-27(3)26-14)20-9-10-21(25-24-20)23-22-18-12-28(13-19(18)22)15(2)16-7-5-4-6-8-16/h4-11,18-19,22H,2,12-13H2,1,3H3,(H,23,25)/t18-,19+,22?. The van der Waals surface area contributed by atoms with Gasteiger partial charge in [0.1, 0.15) is 5.82 Å². The molecule has 0 bridgehead atoms. The summed E-state index contributed by atoms with van der Waals surface area (Å²) in [6, 6.07) is 14.9. The first-order chi connectivity index (χ1) is 13.6. The van der Waals surface area contributed by atoms with Gasteiger partial charge in [-0.15, -0.1) is 10.2 Å². The second kappa shape index (κ2) is 6.48. The van der Waals surface area contributed by atoms with Crippen LogP contribution in [0.4, 0.5) is 5.82 Å². The van der Waals surface area contributed by atoms with Gasteiger partial charge in [0.25, 0.3) is 0 Å². The van der Waals surface area contributed by atoms with Crippen molar-refractivity contribution in [3.63, 3.8) is 0 Å². The summed E-state index contributed by atoms with van der Waals surface area (Å²) in [5.74, 6) is 2.16. The van der Waals surface area contributed by atoms with E-state index in [2.05, 4.69) is 56.4 Å². The van der Waals surface area contributed by atoms with Crippen molar-refractivity contribution in [3.8, 4) is 11.3 Å².